The van der Waals surface area contributed by atoms with Crippen LogP contribution < -0.4 is 15.4 Å². The van der Waals surface area contributed by atoms with E-state index in [9.17, 15) is 9.59 Å². The maximum atomic E-state index is 12.8. The topological polar surface area (TPSA) is 112 Å². The number of ether oxygens (including phenoxy) is 1. The predicted octanol–water partition coefficient (Wildman–Crippen LogP) is 5.15. The van der Waals surface area contributed by atoms with E-state index in [1.165, 1.54) is 11.8 Å². The van der Waals surface area contributed by atoms with Crippen molar-refractivity contribution < 1.29 is 23.2 Å². The number of furan rings is 2. The highest BCUT2D eigenvalue weighted by atomic mass is 16.5. The number of nitrogens with one attached hydrogen (secondary N) is 2. The van der Waals surface area contributed by atoms with Crippen LogP contribution in [0.2, 0.25) is 0 Å². The molecule has 4 rings (SSSR count). The van der Waals surface area contributed by atoms with Crippen LogP contribution in [0.25, 0.3) is 0 Å². The third-order valence-electron chi connectivity index (χ3n) is 5.54. The average Bonchev–Trinajstić information content (AvgIpc) is 3.62. The van der Waals surface area contributed by atoms with E-state index in [-0.39, 0.29) is 35.7 Å². The molecule has 1 aromatic carbocycles. The lowest BCUT2D eigenvalue weighted by molar-refractivity contribution is 0.0943. The number of amides is 2. The van der Waals surface area contributed by atoms with Gasteiger partial charge in [0.1, 0.15) is 23.9 Å². The molecule has 36 heavy (non-hydrogen) atoms. The van der Waals surface area contributed by atoms with E-state index in [1.54, 1.807) is 35.1 Å². The molecule has 0 aliphatic carbocycles. The fourth-order valence-electron chi connectivity index (χ4n) is 3.47. The van der Waals surface area contributed by atoms with Gasteiger partial charge in [-0.2, -0.15) is 5.10 Å². The molecule has 188 valence electrons. The molecule has 3 aromatic heterocycles. The molecule has 0 unspecified atom stereocenters. The zero-order valence-electron chi connectivity index (χ0n) is 20.8. The van der Waals surface area contributed by atoms with E-state index in [0.29, 0.717) is 23.8 Å². The number of aryl methyl sites for hydroxylation is 1. The van der Waals surface area contributed by atoms with Crippen LogP contribution in [0.4, 0.5) is 5.69 Å². The molecular weight excluding hydrogens is 460 g/mol. The van der Waals surface area contributed by atoms with Gasteiger partial charge in [-0.05, 0) is 54.3 Å². The van der Waals surface area contributed by atoms with Gasteiger partial charge >= 0.3 is 0 Å². The first-order valence-electron chi connectivity index (χ1n) is 11.7. The van der Waals surface area contributed by atoms with E-state index in [0.717, 1.165) is 0 Å². The second kappa shape index (κ2) is 10.6. The average molecular weight is 491 g/mol. The largest absolute Gasteiger partial charge is 0.486 e. The minimum Gasteiger partial charge on any atom is -0.486 e. The van der Waals surface area contributed by atoms with E-state index in [4.69, 9.17) is 13.6 Å². The fraction of sp³-hybridized carbons (Fsp3) is 0.296. The van der Waals surface area contributed by atoms with Crippen LogP contribution in [-0.4, -0.2) is 21.6 Å². The molecule has 4 aromatic rings. The molecule has 9 heteroatoms. The summed E-state index contributed by atoms with van der Waals surface area (Å²) < 4.78 is 18.3. The molecule has 2 amide bonds. The van der Waals surface area contributed by atoms with Crippen LogP contribution in [0.15, 0.2) is 69.8 Å². The zero-order chi connectivity index (χ0) is 25.7. The number of nitrogens with zero attached hydrogens (tertiary/aromatic N) is 2. The number of benzene rings is 1. The Morgan fingerprint density at radius 3 is 2.47 bits per heavy atom. The summed E-state index contributed by atoms with van der Waals surface area (Å²) >= 11 is 0. The van der Waals surface area contributed by atoms with Crippen molar-refractivity contribution in [3.63, 3.8) is 0 Å². The van der Waals surface area contributed by atoms with Crippen molar-refractivity contribution >= 4 is 17.5 Å². The van der Waals surface area contributed by atoms with Gasteiger partial charge in [-0.15, -0.1) is 0 Å². The van der Waals surface area contributed by atoms with Crippen molar-refractivity contribution in [2.45, 2.75) is 52.8 Å². The van der Waals surface area contributed by atoms with E-state index in [1.807, 2.05) is 31.2 Å². The van der Waals surface area contributed by atoms with Crippen molar-refractivity contribution in [3.05, 3.63) is 89.5 Å². The van der Waals surface area contributed by atoms with Crippen molar-refractivity contribution in [1.82, 2.24) is 15.1 Å². The lowest BCUT2D eigenvalue weighted by atomic mass is 9.87. The van der Waals surface area contributed by atoms with Gasteiger partial charge in [-0.1, -0.05) is 32.9 Å². The molecule has 0 radical (unpaired) electrons. The number of rotatable bonds is 9. The first kappa shape index (κ1) is 24.8. The van der Waals surface area contributed by atoms with Crippen LogP contribution in [0.5, 0.6) is 5.75 Å². The maximum absolute atomic E-state index is 12.8. The Bertz CT molecular complexity index is 1310. The maximum Gasteiger partial charge on any atom is 0.291 e. The van der Waals surface area contributed by atoms with Crippen LogP contribution in [0.1, 0.15) is 65.8 Å². The van der Waals surface area contributed by atoms with Crippen molar-refractivity contribution in [1.29, 1.82) is 0 Å². The molecule has 0 aliphatic heterocycles. The van der Waals surface area contributed by atoms with Gasteiger partial charge in [0.05, 0.1) is 18.5 Å². The predicted molar refractivity (Wildman–Crippen MR) is 134 cm³/mol. The molecule has 0 bridgehead atoms. The molecule has 0 spiro atoms. The van der Waals surface area contributed by atoms with E-state index < -0.39 is 11.8 Å². The Morgan fingerprint density at radius 2 is 1.81 bits per heavy atom. The van der Waals surface area contributed by atoms with Crippen LogP contribution in [-0.2, 0) is 25.1 Å². The standard InChI is InChI=1S/C27H30N4O5/c1-5-31-16-22(24(30-31)26(33)28-15-20-7-6-14-34-20)29-25(32)23-13-12-21(36-23)17-35-19-10-8-18(9-11-19)27(2,3)4/h6-14,16H,5,15,17H2,1-4H3,(H,28,33)(H,29,32). The highest BCUT2D eigenvalue weighted by Gasteiger charge is 2.21. The molecule has 2 N–H and O–H groups in total. The number of carbonyl (C=O) groups excluding carboxylic acids is 2. The van der Waals surface area contributed by atoms with E-state index in [2.05, 4.69) is 36.5 Å². The summed E-state index contributed by atoms with van der Waals surface area (Å²) in [7, 11) is 0. The first-order chi connectivity index (χ1) is 17.2. The lowest BCUT2D eigenvalue weighted by Crippen LogP contribution is -2.25. The van der Waals surface area contributed by atoms with Crippen molar-refractivity contribution in [2.24, 2.45) is 0 Å². The van der Waals surface area contributed by atoms with Gasteiger partial charge in [-0.25, -0.2) is 0 Å². The van der Waals surface area contributed by atoms with Gasteiger partial charge < -0.3 is 24.2 Å². The normalized spacial score (nSPS) is 11.3. The molecule has 3 heterocycles. The lowest BCUT2D eigenvalue weighted by Gasteiger charge is -2.19. The molecule has 0 aliphatic rings. The molecule has 0 saturated carbocycles. The minimum atomic E-state index is -0.494. The van der Waals surface area contributed by atoms with Gasteiger partial charge in [0, 0.05) is 12.7 Å². The number of aromatic nitrogens is 2. The molecule has 9 nitrogen and oxygen atoms in total. The number of anilines is 1. The summed E-state index contributed by atoms with van der Waals surface area (Å²) in [6, 6.07) is 14.7. The SMILES string of the molecule is CCn1cc(NC(=O)c2ccc(COc3ccc(C(C)(C)C)cc3)o2)c(C(=O)NCc2ccco2)n1. The minimum absolute atomic E-state index is 0.0649. The summed E-state index contributed by atoms with van der Waals surface area (Å²) in [5, 5.41) is 9.74. The van der Waals surface area contributed by atoms with Gasteiger partial charge in [0.25, 0.3) is 11.8 Å². The molecule has 0 saturated heterocycles. The Balaban J connectivity index is 1.37. The summed E-state index contributed by atoms with van der Waals surface area (Å²) in [6.45, 7) is 9.27. The van der Waals surface area contributed by atoms with Crippen LogP contribution in [0, 0.1) is 0 Å². The number of hydrogen-bond acceptors (Lipinski definition) is 6. The Hall–Kier alpha value is -4.27. The monoisotopic (exact) mass is 490 g/mol. The number of carbonyl (C=O) groups is 2. The summed E-state index contributed by atoms with van der Waals surface area (Å²) in [4.78, 5) is 25.5. The Kier molecular flexibility index (Phi) is 7.28. The summed E-state index contributed by atoms with van der Waals surface area (Å²) in [6.07, 6.45) is 3.14. The van der Waals surface area contributed by atoms with Gasteiger partial charge in [-0.3, -0.25) is 14.3 Å². The summed E-state index contributed by atoms with van der Waals surface area (Å²) in [5.74, 6) is 0.997. The van der Waals surface area contributed by atoms with Crippen molar-refractivity contribution in [3.8, 4) is 5.75 Å². The first-order valence-corrected chi connectivity index (χ1v) is 11.7. The van der Waals surface area contributed by atoms with Gasteiger partial charge in [0.15, 0.2) is 11.5 Å². The fourth-order valence-corrected chi connectivity index (χ4v) is 3.47. The molecule has 0 fully saturated rings. The molecule has 0 atom stereocenters. The second-order valence-electron chi connectivity index (χ2n) is 9.29. The Labute approximate surface area is 209 Å². The number of hydrogen-bond donors (Lipinski definition) is 2. The second-order valence-corrected chi connectivity index (χ2v) is 9.29. The Morgan fingerprint density at radius 1 is 1.03 bits per heavy atom. The van der Waals surface area contributed by atoms with Crippen molar-refractivity contribution in [2.75, 3.05) is 5.32 Å². The molecular formula is C27H30N4O5. The highest BCUT2D eigenvalue weighted by Crippen LogP contribution is 2.25. The smallest absolute Gasteiger partial charge is 0.291 e. The van der Waals surface area contributed by atoms with E-state index >= 15 is 0 Å². The van der Waals surface area contributed by atoms with Crippen LogP contribution in [0.3, 0.4) is 0 Å². The summed E-state index contributed by atoms with van der Waals surface area (Å²) in [5.41, 5.74) is 1.67. The van der Waals surface area contributed by atoms with Crippen LogP contribution >= 0.6 is 0 Å². The third-order valence-corrected chi connectivity index (χ3v) is 5.54. The van der Waals surface area contributed by atoms with Gasteiger partial charge in [0.2, 0.25) is 0 Å². The highest BCUT2D eigenvalue weighted by molar-refractivity contribution is 6.07. The third kappa shape index (κ3) is 6.04. The quantitative estimate of drug-likeness (QED) is 0.336. The zero-order valence-corrected chi connectivity index (χ0v) is 20.8.